The summed E-state index contributed by atoms with van der Waals surface area (Å²) in [4.78, 5) is 12.5. The molecule has 8 nitrogen and oxygen atoms in total. The summed E-state index contributed by atoms with van der Waals surface area (Å²) in [5.41, 5.74) is 1.71. The number of aromatic nitrogens is 3. The van der Waals surface area contributed by atoms with Gasteiger partial charge in [0, 0.05) is 17.1 Å². The molecule has 0 bridgehead atoms. The molecule has 2 heterocycles. The number of fused-ring (bicyclic) bond motifs is 1. The average molecular weight is 432 g/mol. The van der Waals surface area contributed by atoms with Gasteiger partial charge in [-0.1, -0.05) is 29.4 Å². The largest absolute Gasteiger partial charge is 0.454 e. The Morgan fingerprint density at radius 2 is 2.00 bits per heavy atom. The number of hydrogen-bond donors (Lipinski definition) is 2. The van der Waals surface area contributed by atoms with Crippen LogP contribution in [0.25, 0.3) is 11.4 Å². The number of carbonyl (C=O) groups is 1. The molecule has 29 heavy (non-hydrogen) atoms. The van der Waals surface area contributed by atoms with Gasteiger partial charge in [0.2, 0.25) is 17.9 Å². The second kappa shape index (κ2) is 8.22. The molecule has 10 heteroatoms. The molecule has 0 fully saturated rings. The Balaban J connectivity index is 1.37. The van der Waals surface area contributed by atoms with Crippen LogP contribution in [0.1, 0.15) is 12.5 Å². The number of thioether (sulfide) groups is 1. The molecule has 2 aromatic carbocycles. The fraction of sp³-hybridized carbons (Fsp3) is 0.211. The van der Waals surface area contributed by atoms with Crippen LogP contribution in [0.4, 0.5) is 0 Å². The number of halogens is 1. The Morgan fingerprint density at radius 3 is 2.79 bits per heavy atom. The molecular formula is C19H18ClN5O3S. The van der Waals surface area contributed by atoms with Crippen molar-refractivity contribution < 1.29 is 14.3 Å². The third kappa shape index (κ3) is 4.25. The Kier molecular flexibility index (Phi) is 5.50. The molecule has 0 unspecified atom stereocenters. The van der Waals surface area contributed by atoms with E-state index in [-0.39, 0.29) is 12.7 Å². The number of nitrogens with two attached hydrogens (primary N) is 1. The number of benzene rings is 2. The van der Waals surface area contributed by atoms with E-state index >= 15 is 0 Å². The first-order valence-electron chi connectivity index (χ1n) is 8.80. The van der Waals surface area contributed by atoms with Crippen molar-refractivity contribution in [2.45, 2.75) is 23.9 Å². The second-order valence-corrected chi connectivity index (χ2v) is 8.09. The third-order valence-electron chi connectivity index (χ3n) is 4.32. The van der Waals surface area contributed by atoms with Gasteiger partial charge in [-0.25, -0.2) is 4.68 Å². The SMILES string of the molecule is C[C@H](Sc1nnc(-c2ccc(Cl)cc2)n1N)C(=O)NCc1ccc2c(c1)OCO2. The fourth-order valence-corrected chi connectivity index (χ4v) is 3.67. The zero-order chi connectivity index (χ0) is 20.4. The van der Waals surface area contributed by atoms with Crippen molar-refractivity contribution in [3.63, 3.8) is 0 Å². The summed E-state index contributed by atoms with van der Waals surface area (Å²) in [5, 5.41) is 11.8. The molecule has 4 rings (SSSR count). The van der Waals surface area contributed by atoms with Crippen molar-refractivity contribution >= 4 is 29.3 Å². The lowest BCUT2D eigenvalue weighted by Gasteiger charge is -2.12. The highest BCUT2D eigenvalue weighted by Gasteiger charge is 2.20. The summed E-state index contributed by atoms with van der Waals surface area (Å²) in [6.45, 7) is 2.39. The first kappa shape index (κ1) is 19.4. The van der Waals surface area contributed by atoms with Crippen molar-refractivity contribution in [1.29, 1.82) is 0 Å². The van der Waals surface area contributed by atoms with Crippen LogP contribution in [0.5, 0.6) is 11.5 Å². The Labute approximate surface area is 176 Å². The number of hydrogen-bond acceptors (Lipinski definition) is 7. The van der Waals surface area contributed by atoms with E-state index in [1.165, 1.54) is 16.4 Å². The van der Waals surface area contributed by atoms with Crippen LogP contribution in [0.15, 0.2) is 47.6 Å². The number of rotatable bonds is 6. The third-order valence-corrected chi connectivity index (χ3v) is 5.63. The summed E-state index contributed by atoms with van der Waals surface area (Å²) < 4.78 is 12.0. The maximum Gasteiger partial charge on any atom is 0.233 e. The molecular weight excluding hydrogens is 414 g/mol. The van der Waals surface area contributed by atoms with Gasteiger partial charge in [0.1, 0.15) is 0 Å². The van der Waals surface area contributed by atoms with E-state index in [1.807, 2.05) is 30.3 Å². The van der Waals surface area contributed by atoms with Crippen LogP contribution in [0, 0.1) is 0 Å². The van der Waals surface area contributed by atoms with Crippen molar-refractivity contribution in [1.82, 2.24) is 20.2 Å². The van der Waals surface area contributed by atoms with E-state index in [9.17, 15) is 4.79 Å². The smallest absolute Gasteiger partial charge is 0.233 e. The highest BCUT2D eigenvalue weighted by atomic mass is 35.5. The van der Waals surface area contributed by atoms with Gasteiger partial charge in [-0.3, -0.25) is 4.79 Å². The second-order valence-electron chi connectivity index (χ2n) is 6.35. The van der Waals surface area contributed by atoms with E-state index in [0.717, 1.165) is 11.1 Å². The van der Waals surface area contributed by atoms with Crippen LogP contribution in [0.3, 0.4) is 0 Å². The van der Waals surface area contributed by atoms with Crippen molar-refractivity contribution in [2.75, 3.05) is 12.6 Å². The van der Waals surface area contributed by atoms with Gasteiger partial charge in [0.15, 0.2) is 17.3 Å². The zero-order valence-corrected chi connectivity index (χ0v) is 17.0. The van der Waals surface area contributed by atoms with Gasteiger partial charge in [0.25, 0.3) is 0 Å². The van der Waals surface area contributed by atoms with Gasteiger partial charge >= 0.3 is 0 Å². The molecule has 0 saturated carbocycles. The molecule has 1 amide bonds. The number of carbonyl (C=O) groups excluding carboxylic acids is 1. The van der Waals surface area contributed by atoms with Crippen molar-refractivity contribution in [3.8, 4) is 22.9 Å². The molecule has 3 N–H and O–H groups in total. The van der Waals surface area contributed by atoms with Gasteiger partial charge in [-0.05, 0) is 48.9 Å². The molecule has 1 aliphatic heterocycles. The number of nitrogen functional groups attached to an aromatic ring is 1. The zero-order valence-electron chi connectivity index (χ0n) is 15.5. The number of nitrogens with one attached hydrogen (secondary N) is 1. The summed E-state index contributed by atoms with van der Waals surface area (Å²) >= 11 is 7.15. The number of ether oxygens (including phenoxy) is 2. The topological polar surface area (TPSA) is 104 Å². The molecule has 1 atom stereocenters. The summed E-state index contributed by atoms with van der Waals surface area (Å²) in [6, 6.07) is 12.7. The van der Waals surface area contributed by atoms with E-state index in [1.54, 1.807) is 19.1 Å². The fourth-order valence-electron chi connectivity index (χ4n) is 2.75. The van der Waals surface area contributed by atoms with Crippen LogP contribution < -0.4 is 20.6 Å². The normalized spacial score (nSPS) is 13.3. The lowest BCUT2D eigenvalue weighted by Crippen LogP contribution is -2.30. The predicted molar refractivity (Wildman–Crippen MR) is 110 cm³/mol. The Hall–Kier alpha value is -2.91. The van der Waals surface area contributed by atoms with Crippen LogP contribution in [0.2, 0.25) is 5.02 Å². The maximum absolute atomic E-state index is 12.5. The maximum atomic E-state index is 12.5. The first-order chi connectivity index (χ1) is 14.0. The predicted octanol–water partition coefficient (Wildman–Crippen LogP) is 2.84. The van der Waals surface area contributed by atoms with E-state index in [0.29, 0.717) is 34.0 Å². The highest BCUT2D eigenvalue weighted by molar-refractivity contribution is 8.00. The van der Waals surface area contributed by atoms with E-state index in [4.69, 9.17) is 26.9 Å². The molecule has 1 aliphatic rings. The lowest BCUT2D eigenvalue weighted by atomic mass is 10.2. The molecule has 1 aromatic heterocycles. The Morgan fingerprint density at radius 1 is 1.24 bits per heavy atom. The highest BCUT2D eigenvalue weighted by Crippen LogP contribution is 2.32. The van der Waals surface area contributed by atoms with Gasteiger partial charge in [-0.2, -0.15) is 0 Å². The van der Waals surface area contributed by atoms with Crippen molar-refractivity contribution in [2.24, 2.45) is 0 Å². The standard InChI is InChI=1S/C19H18ClN5O3S/c1-11(18(26)22-9-12-2-7-15-16(8-12)28-10-27-15)29-19-24-23-17(25(19)21)13-3-5-14(20)6-4-13/h2-8,11H,9-10,21H2,1H3,(H,22,26)/t11-/m0/s1. The molecule has 0 radical (unpaired) electrons. The van der Waals surface area contributed by atoms with Gasteiger partial charge < -0.3 is 20.6 Å². The van der Waals surface area contributed by atoms with Crippen LogP contribution in [-0.4, -0.2) is 32.8 Å². The average Bonchev–Trinajstić information content (AvgIpc) is 3.33. The molecule has 150 valence electrons. The molecule has 0 spiro atoms. The van der Waals surface area contributed by atoms with Crippen LogP contribution in [-0.2, 0) is 11.3 Å². The molecule has 3 aromatic rings. The van der Waals surface area contributed by atoms with Gasteiger partial charge in [0.05, 0.1) is 5.25 Å². The summed E-state index contributed by atoms with van der Waals surface area (Å²) in [5.74, 6) is 7.88. The minimum absolute atomic E-state index is 0.135. The number of amides is 1. The monoisotopic (exact) mass is 431 g/mol. The van der Waals surface area contributed by atoms with E-state index < -0.39 is 5.25 Å². The minimum atomic E-state index is -0.409. The summed E-state index contributed by atoms with van der Waals surface area (Å²) in [6.07, 6.45) is 0. The minimum Gasteiger partial charge on any atom is -0.454 e. The Bertz CT molecular complexity index is 1040. The van der Waals surface area contributed by atoms with Crippen molar-refractivity contribution in [3.05, 3.63) is 53.1 Å². The van der Waals surface area contributed by atoms with Gasteiger partial charge in [-0.15, -0.1) is 10.2 Å². The first-order valence-corrected chi connectivity index (χ1v) is 10.1. The van der Waals surface area contributed by atoms with Crippen LogP contribution >= 0.6 is 23.4 Å². The number of nitrogens with zero attached hydrogens (tertiary/aromatic N) is 3. The summed E-state index contributed by atoms with van der Waals surface area (Å²) in [7, 11) is 0. The quantitative estimate of drug-likeness (QED) is 0.456. The molecule has 0 saturated heterocycles. The molecule has 0 aliphatic carbocycles. The lowest BCUT2D eigenvalue weighted by molar-refractivity contribution is -0.120. The van der Waals surface area contributed by atoms with E-state index in [2.05, 4.69) is 15.5 Å².